The minimum Gasteiger partial charge on any atom is -0.324 e. The van der Waals surface area contributed by atoms with E-state index < -0.39 is 0 Å². The van der Waals surface area contributed by atoms with Gasteiger partial charge in [0.25, 0.3) is 0 Å². The highest BCUT2D eigenvalue weighted by molar-refractivity contribution is 7.10. The summed E-state index contributed by atoms with van der Waals surface area (Å²) in [7, 11) is 0. The molecule has 1 aliphatic carbocycles. The smallest absolute Gasteiger partial charge is 0.226 e. The van der Waals surface area contributed by atoms with E-state index in [1.807, 2.05) is 4.68 Å². The van der Waals surface area contributed by atoms with Gasteiger partial charge < -0.3 is 5.32 Å². The van der Waals surface area contributed by atoms with Crippen LogP contribution in [-0.2, 0) is 6.42 Å². The van der Waals surface area contributed by atoms with Crippen LogP contribution in [-0.4, -0.2) is 14.8 Å². The van der Waals surface area contributed by atoms with Gasteiger partial charge >= 0.3 is 0 Å². The van der Waals surface area contributed by atoms with Gasteiger partial charge in [-0.1, -0.05) is 30.3 Å². The molecule has 5 rings (SSSR count). The Labute approximate surface area is 132 Å². The largest absolute Gasteiger partial charge is 0.324 e. The summed E-state index contributed by atoms with van der Waals surface area (Å²) in [5.74, 6) is 0.828. The number of benzene rings is 1. The van der Waals surface area contributed by atoms with E-state index in [1.165, 1.54) is 27.3 Å². The van der Waals surface area contributed by atoms with Crippen LogP contribution in [0.1, 0.15) is 28.5 Å². The lowest BCUT2D eigenvalue weighted by Crippen LogP contribution is -2.27. The maximum atomic E-state index is 4.46. The van der Waals surface area contributed by atoms with Crippen molar-refractivity contribution in [2.24, 2.45) is 0 Å². The lowest BCUT2D eigenvalue weighted by Gasteiger charge is -2.33. The predicted molar refractivity (Wildman–Crippen MR) is 87.8 cm³/mol. The molecule has 2 aromatic heterocycles. The molecule has 1 atom stereocenters. The van der Waals surface area contributed by atoms with Crippen molar-refractivity contribution in [2.45, 2.75) is 18.9 Å². The van der Waals surface area contributed by atoms with E-state index in [1.54, 1.807) is 17.7 Å². The van der Waals surface area contributed by atoms with E-state index in [0.717, 1.165) is 18.8 Å². The number of nitrogens with zero attached hydrogens (tertiary/aromatic N) is 3. The average molecular weight is 306 g/mol. The third kappa shape index (κ3) is 1.63. The number of aromatic nitrogens is 3. The predicted octanol–water partition coefficient (Wildman–Crippen LogP) is 3.71. The number of thiophene rings is 1. The van der Waals surface area contributed by atoms with E-state index in [-0.39, 0.29) is 6.04 Å². The van der Waals surface area contributed by atoms with Crippen LogP contribution in [0.4, 0.5) is 5.95 Å². The second-order valence-electron chi connectivity index (χ2n) is 5.63. The van der Waals surface area contributed by atoms with Gasteiger partial charge in [0.1, 0.15) is 12.4 Å². The summed E-state index contributed by atoms with van der Waals surface area (Å²) in [6.45, 7) is 0. The molecular formula is C17H14N4S. The summed E-state index contributed by atoms with van der Waals surface area (Å²) in [6, 6.07) is 13.1. The molecule has 1 aromatic carbocycles. The maximum absolute atomic E-state index is 4.46. The number of nitrogens with one attached hydrogen (secondary N) is 1. The van der Waals surface area contributed by atoms with Gasteiger partial charge in [-0.25, -0.2) is 4.68 Å². The number of aryl methyl sites for hydroxylation is 1. The summed E-state index contributed by atoms with van der Waals surface area (Å²) in [5, 5.41) is 10.1. The Hall–Kier alpha value is -2.40. The fourth-order valence-corrected chi connectivity index (χ4v) is 4.34. The van der Waals surface area contributed by atoms with Crippen molar-refractivity contribution in [2.75, 3.05) is 5.32 Å². The second-order valence-corrected chi connectivity index (χ2v) is 6.61. The molecule has 0 radical (unpaired) electrons. The second kappa shape index (κ2) is 4.55. The van der Waals surface area contributed by atoms with Gasteiger partial charge in [-0.2, -0.15) is 10.1 Å². The van der Waals surface area contributed by atoms with Crippen LogP contribution in [0.5, 0.6) is 0 Å². The topological polar surface area (TPSA) is 42.7 Å². The summed E-state index contributed by atoms with van der Waals surface area (Å²) in [6.07, 6.45) is 3.77. The third-order valence-corrected chi connectivity index (χ3v) is 5.39. The number of hydrogen-bond donors (Lipinski definition) is 1. The van der Waals surface area contributed by atoms with Crippen LogP contribution in [0, 0.1) is 0 Å². The van der Waals surface area contributed by atoms with Gasteiger partial charge in [-0.3, -0.25) is 0 Å². The molecule has 5 heteroatoms. The molecule has 3 heterocycles. The fraction of sp³-hybridized carbons (Fsp3) is 0.176. The average Bonchev–Trinajstić information content (AvgIpc) is 3.24. The van der Waals surface area contributed by atoms with Crippen LogP contribution >= 0.6 is 11.3 Å². The number of fused-ring (bicyclic) bond motifs is 3. The Morgan fingerprint density at radius 1 is 1.14 bits per heavy atom. The first-order chi connectivity index (χ1) is 10.9. The van der Waals surface area contributed by atoms with Crippen molar-refractivity contribution >= 4 is 23.0 Å². The molecule has 3 aromatic rings. The van der Waals surface area contributed by atoms with Crippen molar-refractivity contribution in [1.29, 1.82) is 0 Å². The van der Waals surface area contributed by atoms with Gasteiger partial charge in [0, 0.05) is 10.4 Å². The molecule has 0 amide bonds. The van der Waals surface area contributed by atoms with Crippen molar-refractivity contribution in [3.63, 3.8) is 0 Å². The zero-order chi connectivity index (χ0) is 14.5. The van der Waals surface area contributed by atoms with Crippen LogP contribution in [0.15, 0.2) is 53.7 Å². The highest BCUT2D eigenvalue weighted by Crippen LogP contribution is 2.44. The Morgan fingerprint density at radius 2 is 2.09 bits per heavy atom. The van der Waals surface area contributed by atoms with E-state index in [4.69, 9.17) is 0 Å². The van der Waals surface area contributed by atoms with Gasteiger partial charge in [-0.05, 0) is 35.4 Å². The Kier molecular flexibility index (Phi) is 2.52. The molecule has 0 saturated carbocycles. The number of hydrogen-bond acceptors (Lipinski definition) is 4. The van der Waals surface area contributed by atoms with Crippen LogP contribution in [0.25, 0.3) is 5.70 Å². The maximum Gasteiger partial charge on any atom is 0.226 e. The van der Waals surface area contributed by atoms with Crippen molar-refractivity contribution in [3.05, 3.63) is 69.7 Å². The Bertz CT molecular complexity index is 876. The van der Waals surface area contributed by atoms with Gasteiger partial charge in [0.05, 0.1) is 5.70 Å². The molecule has 0 fully saturated rings. The highest BCUT2D eigenvalue weighted by Gasteiger charge is 2.33. The van der Waals surface area contributed by atoms with Crippen molar-refractivity contribution < 1.29 is 0 Å². The minimum absolute atomic E-state index is 0.169. The molecular weight excluding hydrogens is 292 g/mol. The molecule has 1 aliphatic heterocycles. The molecule has 0 saturated heterocycles. The van der Waals surface area contributed by atoms with Gasteiger partial charge in [-0.15, -0.1) is 11.3 Å². The molecule has 0 bridgehead atoms. The molecule has 108 valence electrons. The van der Waals surface area contributed by atoms with E-state index >= 15 is 0 Å². The monoisotopic (exact) mass is 306 g/mol. The van der Waals surface area contributed by atoms with Crippen LogP contribution < -0.4 is 5.32 Å². The SMILES string of the molecule is c1csc(C2C3=C(Nc4ncnn42)c2ccccc2CC3)c1. The lowest BCUT2D eigenvalue weighted by atomic mass is 9.84. The lowest BCUT2D eigenvalue weighted by molar-refractivity contribution is 0.569. The number of anilines is 1. The zero-order valence-electron chi connectivity index (χ0n) is 11.9. The number of allylic oxidation sites excluding steroid dienone is 1. The Balaban J connectivity index is 1.76. The van der Waals surface area contributed by atoms with Crippen LogP contribution in [0.3, 0.4) is 0 Å². The van der Waals surface area contributed by atoms with E-state index in [2.05, 4.69) is 57.2 Å². The molecule has 4 nitrogen and oxygen atoms in total. The summed E-state index contributed by atoms with van der Waals surface area (Å²) in [4.78, 5) is 5.71. The van der Waals surface area contributed by atoms with E-state index in [0.29, 0.717) is 0 Å². The van der Waals surface area contributed by atoms with E-state index in [9.17, 15) is 0 Å². The zero-order valence-corrected chi connectivity index (χ0v) is 12.7. The summed E-state index contributed by atoms with van der Waals surface area (Å²) < 4.78 is 2.01. The molecule has 1 unspecified atom stereocenters. The Morgan fingerprint density at radius 3 is 3.00 bits per heavy atom. The standard InChI is InChI=1S/C17H14N4S/c1-2-5-12-11(4-1)7-8-13-15(12)20-17-18-10-19-21(17)16(13)14-6-3-9-22-14/h1-6,9-10,16H,7-8H2,(H,18,19,20). The first-order valence-electron chi connectivity index (χ1n) is 7.43. The highest BCUT2D eigenvalue weighted by atomic mass is 32.1. The first kappa shape index (κ1) is 12.2. The molecule has 22 heavy (non-hydrogen) atoms. The van der Waals surface area contributed by atoms with Crippen molar-refractivity contribution in [1.82, 2.24) is 14.8 Å². The van der Waals surface area contributed by atoms with Gasteiger partial charge in [0.2, 0.25) is 5.95 Å². The molecule has 1 N–H and O–H groups in total. The van der Waals surface area contributed by atoms with Gasteiger partial charge in [0.15, 0.2) is 0 Å². The number of rotatable bonds is 1. The summed E-state index contributed by atoms with van der Waals surface area (Å²) in [5.41, 5.74) is 5.35. The normalized spacial score (nSPS) is 19.2. The first-order valence-corrected chi connectivity index (χ1v) is 8.31. The molecule has 0 spiro atoms. The van der Waals surface area contributed by atoms with Crippen LogP contribution in [0.2, 0.25) is 0 Å². The summed E-state index contributed by atoms with van der Waals surface area (Å²) >= 11 is 1.78. The minimum atomic E-state index is 0.169. The molecule has 2 aliphatic rings. The van der Waals surface area contributed by atoms with Crippen molar-refractivity contribution in [3.8, 4) is 0 Å². The fourth-order valence-electron chi connectivity index (χ4n) is 3.50. The quantitative estimate of drug-likeness (QED) is 0.745. The third-order valence-electron chi connectivity index (χ3n) is 4.47.